The van der Waals surface area contributed by atoms with Crippen molar-refractivity contribution in [1.29, 1.82) is 0 Å². The van der Waals surface area contributed by atoms with E-state index >= 15 is 0 Å². The Morgan fingerprint density at radius 1 is 1.29 bits per heavy atom. The van der Waals surface area contributed by atoms with Gasteiger partial charge < -0.3 is 15.1 Å². The molecule has 1 atom stereocenters. The third-order valence-electron chi connectivity index (χ3n) is 2.93. The number of hydrogen-bond donors (Lipinski definition) is 2. The number of rotatable bonds is 4. The predicted octanol–water partition coefficient (Wildman–Crippen LogP) is 2.48. The van der Waals surface area contributed by atoms with Crippen LogP contribution < -0.4 is 10.6 Å². The summed E-state index contributed by atoms with van der Waals surface area (Å²) >= 11 is 0. The number of carbonyl (C=O) groups excluding carboxylic acids is 2. The summed E-state index contributed by atoms with van der Waals surface area (Å²) in [6, 6.07) is 6.68. The summed E-state index contributed by atoms with van der Waals surface area (Å²) in [5.74, 6) is -1.22. The maximum absolute atomic E-state index is 13.4. The topological polar surface area (TPSA) is 71.3 Å². The average molecular weight is 290 g/mol. The maximum atomic E-state index is 13.4. The first-order chi connectivity index (χ1) is 9.97. The molecule has 0 aliphatic rings. The summed E-state index contributed by atoms with van der Waals surface area (Å²) in [7, 11) is 0. The zero-order valence-corrected chi connectivity index (χ0v) is 11.6. The molecular weight excluding hydrogens is 275 g/mol. The monoisotopic (exact) mass is 290 g/mol. The number of nitrogens with one attached hydrogen (secondary N) is 2. The van der Waals surface area contributed by atoms with Crippen LogP contribution in [0.15, 0.2) is 41.0 Å². The number of aryl methyl sites for hydroxylation is 1. The molecule has 0 bridgehead atoms. The first-order valence-electron chi connectivity index (χ1n) is 6.39. The van der Waals surface area contributed by atoms with Gasteiger partial charge in [0.15, 0.2) is 5.76 Å². The Morgan fingerprint density at radius 2 is 2.05 bits per heavy atom. The zero-order valence-electron chi connectivity index (χ0n) is 11.6. The highest BCUT2D eigenvalue weighted by molar-refractivity contribution is 5.99. The molecular formula is C15H15FN2O3. The van der Waals surface area contributed by atoms with Gasteiger partial charge >= 0.3 is 0 Å². The van der Waals surface area contributed by atoms with E-state index in [9.17, 15) is 14.0 Å². The number of carbonyl (C=O) groups is 2. The average Bonchev–Trinajstić information content (AvgIpc) is 2.97. The number of hydrogen-bond acceptors (Lipinski definition) is 3. The van der Waals surface area contributed by atoms with E-state index in [1.165, 1.54) is 25.3 Å². The van der Waals surface area contributed by atoms with Crippen LogP contribution in [0.3, 0.4) is 0 Å². The molecule has 2 rings (SSSR count). The van der Waals surface area contributed by atoms with Crippen molar-refractivity contribution >= 4 is 17.5 Å². The zero-order chi connectivity index (χ0) is 15.4. The fourth-order valence-corrected chi connectivity index (χ4v) is 1.66. The highest BCUT2D eigenvalue weighted by Gasteiger charge is 2.18. The van der Waals surface area contributed by atoms with E-state index in [1.54, 1.807) is 25.1 Å². The number of anilines is 1. The van der Waals surface area contributed by atoms with Gasteiger partial charge in [0, 0.05) is 5.69 Å². The van der Waals surface area contributed by atoms with E-state index in [2.05, 4.69) is 10.6 Å². The van der Waals surface area contributed by atoms with Crippen molar-refractivity contribution in [2.75, 3.05) is 5.32 Å². The molecule has 0 spiro atoms. The predicted molar refractivity (Wildman–Crippen MR) is 75.4 cm³/mol. The van der Waals surface area contributed by atoms with E-state index in [0.717, 1.165) is 0 Å². The van der Waals surface area contributed by atoms with Gasteiger partial charge in [-0.05, 0) is 43.7 Å². The Kier molecular flexibility index (Phi) is 4.37. The molecule has 1 unspecified atom stereocenters. The minimum absolute atomic E-state index is 0.121. The van der Waals surface area contributed by atoms with E-state index in [4.69, 9.17) is 4.42 Å². The quantitative estimate of drug-likeness (QED) is 0.908. The molecule has 0 aliphatic heterocycles. The second-order valence-electron chi connectivity index (χ2n) is 4.63. The van der Waals surface area contributed by atoms with Crippen molar-refractivity contribution in [3.63, 3.8) is 0 Å². The Labute approximate surface area is 121 Å². The van der Waals surface area contributed by atoms with Crippen molar-refractivity contribution in [3.05, 3.63) is 53.7 Å². The van der Waals surface area contributed by atoms with Crippen LogP contribution in [0.2, 0.25) is 0 Å². The first-order valence-corrected chi connectivity index (χ1v) is 6.39. The summed E-state index contributed by atoms with van der Waals surface area (Å²) < 4.78 is 18.3. The van der Waals surface area contributed by atoms with Crippen molar-refractivity contribution in [3.8, 4) is 0 Å². The van der Waals surface area contributed by atoms with Crippen LogP contribution in [0.4, 0.5) is 10.1 Å². The molecule has 6 heteroatoms. The number of benzene rings is 1. The third-order valence-corrected chi connectivity index (χ3v) is 2.93. The van der Waals surface area contributed by atoms with E-state index < -0.39 is 23.7 Å². The molecule has 2 aromatic rings. The molecule has 0 saturated carbocycles. The van der Waals surface area contributed by atoms with Crippen LogP contribution in [0.25, 0.3) is 0 Å². The summed E-state index contributed by atoms with van der Waals surface area (Å²) in [5, 5.41) is 5.03. The Balaban J connectivity index is 1.96. The lowest BCUT2D eigenvalue weighted by molar-refractivity contribution is -0.117. The summed E-state index contributed by atoms with van der Waals surface area (Å²) in [5.41, 5.74) is 0.828. The fourth-order valence-electron chi connectivity index (χ4n) is 1.66. The number of halogens is 1. The van der Waals surface area contributed by atoms with Gasteiger partial charge in [0.05, 0.1) is 6.26 Å². The molecule has 5 nitrogen and oxygen atoms in total. The first kappa shape index (κ1) is 14.8. The van der Waals surface area contributed by atoms with Crippen LogP contribution in [-0.2, 0) is 4.79 Å². The minimum atomic E-state index is -0.785. The van der Waals surface area contributed by atoms with Gasteiger partial charge in [-0.15, -0.1) is 0 Å². The van der Waals surface area contributed by atoms with Crippen molar-refractivity contribution < 1.29 is 18.4 Å². The lowest BCUT2D eigenvalue weighted by atomic mass is 10.2. The van der Waals surface area contributed by atoms with E-state index in [1.807, 2.05) is 0 Å². The van der Waals surface area contributed by atoms with E-state index in [0.29, 0.717) is 11.3 Å². The highest BCUT2D eigenvalue weighted by atomic mass is 19.1. The summed E-state index contributed by atoms with van der Waals surface area (Å²) in [6.07, 6.45) is 1.37. The molecule has 0 radical (unpaired) electrons. The highest BCUT2D eigenvalue weighted by Crippen LogP contribution is 2.13. The molecule has 2 N–H and O–H groups in total. The second kappa shape index (κ2) is 6.21. The smallest absolute Gasteiger partial charge is 0.287 e. The van der Waals surface area contributed by atoms with Crippen LogP contribution >= 0.6 is 0 Å². The molecule has 0 fully saturated rings. The third kappa shape index (κ3) is 3.68. The van der Waals surface area contributed by atoms with Gasteiger partial charge in [0.1, 0.15) is 11.9 Å². The van der Waals surface area contributed by atoms with Crippen LogP contribution in [0.5, 0.6) is 0 Å². The lowest BCUT2D eigenvalue weighted by Gasteiger charge is -2.13. The maximum Gasteiger partial charge on any atom is 0.287 e. The molecule has 0 saturated heterocycles. The van der Waals surface area contributed by atoms with Crippen LogP contribution in [0, 0.1) is 12.7 Å². The van der Waals surface area contributed by atoms with Gasteiger partial charge in [-0.2, -0.15) is 0 Å². The van der Waals surface area contributed by atoms with Gasteiger partial charge in [0.25, 0.3) is 5.91 Å². The van der Waals surface area contributed by atoms with Gasteiger partial charge in [-0.25, -0.2) is 4.39 Å². The van der Waals surface area contributed by atoms with Gasteiger partial charge in [-0.3, -0.25) is 9.59 Å². The molecule has 1 heterocycles. The Morgan fingerprint density at radius 3 is 2.67 bits per heavy atom. The SMILES string of the molecule is Cc1ccc(NC(=O)C(C)NC(=O)c2ccco2)cc1F. The normalized spacial score (nSPS) is 11.8. The summed E-state index contributed by atoms with van der Waals surface area (Å²) in [6.45, 7) is 3.16. The summed E-state index contributed by atoms with van der Waals surface area (Å²) in [4.78, 5) is 23.7. The van der Waals surface area contributed by atoms with Gasteiger partial charge in [0.2, 0.25) is 5.91 Å². The molecule has 110 valence electrons. The van der Waals surface area contributed by atoms with Crippen LogP contribution in [-0.4, -0.2) is 17.9 Å². The number of furan rings is 1. The fraction of sp³-hybridized carbons (Fsp3) is 0.200. The van der Waals surface area contributed by atoms with Gasteiger partial charge in [-0.1, -0.05) is 6.07 Å². The minimum Gasteiger partial charge on any atom is -0.459 e. The lowest BCUT2D eigenvalue weighted by Crippen LogP contribution is -2.41. The molecule has 1 aromatic heterocycles. The van der Waals surface area contributed by atoms with Crippen molar-refractivity contribution in [1.82, 2.24) is 5.32 Å². The molecule has 1 aromatic carbocycles. The molecule has 0 aliphatic carbocycles. The molecule has 21 heavy (non-hydrogen) atoms. The van der Waals surface area contributed by atoms with Crippen molar-refractivity contribution in [2.45, 2.75) is 19.9 Å². The second-order valence-corrected chi connectivity index (χ2v) is 4.63. The Bertz CT molecular complexity index is 653. The largest absolute Gasteiger partial charge is 0.459 e. The van der Waals surface area contributed by atoms with Crippen LogP contribution in [0.1, 0.15) is 23.0 Å². The molecule has 2 amide bonds. The van der Waals surface area contributed by atoms with E-state index in [-0.39, 0.29) is 5.76 Å². The Hall–Kier alpha value is -2.63. The standard InChI is InChI=1S/C15H15FN2O3/c1-9-5-6-11(8-12(9)16)18-14(19)10(2)17-15(20)13-4-3-7-21-13/h3-8,10H,1-2H3,(H,17,20)(H,18,19). The number of amides is 2. The van der Waals surface area contributed by atoms with Crippen molar-refractivity contribution in [2.24, 2.45) is 0 Å².